The van der Waals surface area contributed by atoms with E-state index in [1.54, 1.807) is 0 Å². The smallest absolute Gasteiger partial charge is 0.220 e. The van der Waals surface area contributed by atoms with E-state index in [9.17, 15) is 4.79 Å². The highest BCUT2D eigenvalue weighted by molar-refractivity contribution is 5.75. The molecule has 4 heteroatoms. The summed E-state index contributed by atoms with van der Waals surface area (Å²) in [7, 11) is 0. The van der Waals surface area contributed by atoms with Crippen LogP contribution in [0.2, 0.25) is 0 Å². The van der Waals surface area contributed by atoms with Gasteiger partial charge >= 0.3 is 0 Å². The van der Waals surface area contributed by atoms with Crippen molar-refractivity contribution < 1.29 is 4.79 Å². The minimum absolute atomic E-state index is 0.0664. The minimum atomic E-state index is 0.0664. The number of nitrogens with two attached hydrogens (primary N) is 1. The van der Waals surface area contributed by atoms with Gasteiger partial charge in [-0.1, -0.05) is 6.07 Å². The normalized spacial score (nSPS) is 10.1. The van der Waals surface area contributed by atoms with Crippen molar-refractivity contribution in [2.75, 3.05) is 6.54 Å². The van der Waals surface area contributed by atoms with Crippen LogP contribution in [-0.4, -0.2) is 17.4 Å². The molecule has 0 unspecified atom stereocenters. The molecule has 0 fully saturated rings. The summed E-state index contributed by atoms with van der Waals surface area (Å²) in [5.74, 6) is 0.0664. The fourth-order valence-electron chi connectivity index (χ4n) is 1.41. The fourth-order valence-corrected chi connectivity index (χ4v) is 1.41. The molecule has 0 saturated heterocycles. The molecule has 0 spiro atoms. The molecule has 0 atom stereocenters. The third kappa shape index (κ3) is 4.89. The Kier molecular flexibility index (Phi) is 5.50. The van der Waals surface area contributed by atoms with Gasteiger partial charge in [-0.3, -0.25) is 9.78 Å². The van der Waals surface area contributed by atoms with Crippen molar-refractivity contribution >= 4 is 5.91 Å². The van der Waals surface area contributed by atoms with Gasteiger partial charge in [0, 0.05) is 12.1 Å². The zero-order chi connectivity index (χ0) is 11.8. The van der Waals surface area contributed by atoms with Crippen molar-refractivity contribution in [2.24, 2.45) is 5.73 Å². The predicted molar refractivity (Wildman–Crippen MR) is 63.7 cm³/mol. The van der Waals surface area contributed by atoms with Crippen molar-refractivity contribution in [3.05, 3.63) is 29.6 Å². The highest BCUT2D eigenvalue weighted by Crippen LogP contribution is 1.98. The van der Waals surface area contributed by atoms with Crippen molar-refractivity contribution in [1.82, 2.24) is 10.3 Å². The Morgan fingerprint density at radius 1 is 1.44 bits per heavy atom. The van der Waals surface area contributed by atoms with E-state index in [2.05, 4.69) is 10.3 Å². The number of nitrogens with one attached hydrogen (secondary N) is 1. The molecule has 1 amide bonds. The Bertz CT molecular complexity index is 339. The Morgan fingerprint density at radius 3 is 2.94 bits per heavy atom. The van der Waals surface area contributed by atoms with Crippen LogP contribution in [0.15, 0.2) is 18.2 Å². The van der Waals surface area contributed by atoms with Gasteiger partial charge in [-0.2, -0.15) is 0 Å². The number of rotatable bonds is 6. The first kappa shape index (κ1) is 12.6. The maximum absolute atomic E-state index is 11.4. The van der Waals surface area contributed by atoms with Crippen LogP contribution in [0.3, 0.4) is 0 Å². The average Bonchev–Trinajstić information content (AvgIpc) is 2.27. The standard InChI is InChI=1S/C12H19N3O/c1-10-5-4-6-11(15-10)9-14-12(16)7-2-3-8-13/h4-6H,2-3,7-9,13H2,1H3,(H,14,16). The summed E-state index contributed by atoms with van der Waals surface area (Å²) < 4.78 is 0. The van der Waals surface area contributed by atoms with Crippen molar-refractivity contribution in [1.29, 1.82) is 0 Å². The lowest BCUT2D eigenvalue weighted by molar-refractivity contribution is -0.121. The van der Waals surface area contributed by atoms with Crippen molar-refractivity contribution in [3.63, 3.8) is 0 Å². The van der Waals surface area contributed by atoms with E-state index in [4.69, 9.17) is 5.73 Å². The maximum Gasteiger partial charge on any atom is 0.220 e. The third-order valence-electron chi connectivity index (χ3n) is 2.27. The molecule has 88 valence electrons. The Morgan fingerprint density at radius 2 is 2.25 bits per heavy atom. The van der Waals surface area contributed by atoms with Gasteiger partial charge in [-0.25, -0.2) is 0 Å². The largest absolute Gasteiger partial charge is 0.350 e. The number of amides is 1. The van der Waals surface area contributed by atoms with Gasteiger partial charge in [-0.05, 0) is 38.4 Å². The second-order valence-electron chi connectivity index (χ2n) is 3.79. The average molecular weight is 221 g/mol. The van der Waals surface area contributed by atoms with Crippen LogP contribution in [0.4, 0.5) is 0 Å². The molecule has 0 aliphatic heterocycles. The number of carbonyl (C=O) groups is 1. The lowest BCUT2D eigenvalue weighted by Crippen LogP contribution is -2.23. The molecule has 0 radical (unpaired) electrons. The van der Waals surface area contributed by atoms with Gasteiger partial charge in [0.1, 0.15) is 0 Å². The molecular formula is C12H19N3O. The monoisotopic (exact) mass is 221 g/mol. The zero-order valence-electron chi connectivity index (χ0n) is 9.70. The molecule has 1 rings (SSSR count). The number of carbonyl (C=O) groups excluding carboxylic acids is 1. The lowest BCUT2D eigenvalue weighted by Gasteiger charge is -2.05. The van der Waals surface area contributed by atoms with E-state index < -0.39 is 0 Å². The summed E-state index contributed by atoms with van der Waals surface area (Å²) in [5, 5.41) is 2.84. The van der Waals surface area contributed by atoms with Crippen LogP contribution in [0, 0.1) is 6.92 Å². The molecule has 1 aromatic heterocycles. The Balaban J connectivity index is 2.26. The van der Waals surface area contributed by atoms with E-state index in [0.717, 1.165) is 24.2 Å². The zero-order valence-corrected chi connectivity index (χ0v) is 9.70. The SMILES string of the molecule is Cc1cccc(CNC(=O)CCCCN)n1. The molecule has 0 bridgehead atoms. The molecule has 0 aliphatic carbocycles. The third-order valence-corrected chi connectivity index (χ3v) is 2.27. The maximum atomic E-state index is 11.4. The number of hydrogen-bond acceptors (Lipinski definition) is 3. The molecule has 0 aliphatic rings. The van der Waals surface area contributed by atoms with Gasteiger partial charge in [0.05, 0.1) is 12.2 Å². The minimum Gasteiger partial charge on any atom is -0.350 e. The van der Waals surface area contributed by atoms with Crippen LogP contribution in [0.25, 0.3) is 0 Å². The van der Waals surface area contributed by atoms with Gasteiger partial charge < -0.3 is 11.1 Å². The summed E-state index contributed by atoms with van der Waals surface area (Å²) in [6, 6.07) is 5.79. The van der Waals surface area contributed by atoms with E-state index in [0.29, 0.717) is 19.5 Å². The number of pyridine rings is 1. The van der Waals surface area contributed by atoms with Gasteiger partial charge in [0.2, 0.25) is 5.91 Å². The quantitative estimate of drug-likeness (QED) is 0.708. The topological polar surface area (TPSA) is 68.0 Å². The molecule has 0 saturated carbocycles. The van der Waals surface area contributed by atoms with Crippen LogP contribution >= 0.6 is 0 Å². The Labute approximate surface area is 96.3 Å². The summed E-state index contributed by atoms with van der Waals surface area (Å²) in [6.07, 6.45) is 2.29. The molecular weight excluding hydrogens is 202 g/mol. The molecule has 1 aromatic rings. The van der Waals surface area contributed by atoms with Crippen LogP contribution in [0.5, 0.6) is 0 Å². The highest BCUT2D eigenvalue weighted by Gasteiger charge is 2.01. The van der Waals surface area contributed by atoms with Gasteiger partial charge in [-0.15, -0.1) is 0 Å². The summed E-state index contributed by atoms with van der Waals surface area (Å²) in [5.41, 5.74) is 7.22. The molecule has 1 heterocycles. The Hall–Kier alpha value is -1.42. The van der Waals surface area contributed by atoms with Crippen LogP contribution in [-0.2, 0) is 11.3 Å². The second-order valence-corrected chi connectivity index (χ2v) is 3.79. The molecule has 16 heavy (non-hydrogen) atoms. The molecule has 0 aromatic carbocycles. The lowest BCUT2D eigenvalue weighted by atomic mass is 10.2. The van der Waals surface area contributed by atoms with E-state index in [1.165, 1.54) is 0 Å². The van der Waals surface area contributed by atoms with E-state index in [-0.39, 0.29) is 5.91 Å². The van der Waals surface area contributed by atoms with Crippen LogP contribution < -0.4 is 11.1 Å². The number of nitrogens with zero attached hydrogens (tertiary/aromatic N) is 1. The number of aryl methyl sites for hydroxylation is 1. The van der Waals surface area contributed by atoms with Gasteiger partial charge in [0.25, 0.3) is 0 Å². The molecule has 3 N–H and O–H groups in total. The first-order valence-electron chi connectivity index (χ1n) is 5.61. The second kappa shape index (κ2) is 6.95. The van der Waals surface area contributed by atoms with Crippen molar-refractivity contribution in [2.45, 2.75) is 32.7 Å². The number of aromatic nitrogens is 1. The first-order chi connectivity index (χ1) is 7.72. The van der Waals surface area contributed by atoms with Gasteiger partial charge in [0.15, 0.2) is 0 Å². The van der Waals surface area contributed by atoms with E-state index in [1.807, 2.05) is 25.1 Å². The summed E-state index contributed by atoms with van der Waals surface area (Å²) in [4.78, 5) is 15.7. The highest BCUT2D eigenvalue weighted by atomic mass is 16.1. The van der Waals surface area contributed by atoms with Crippen molar-refractivity contribution in [3.8, 4) is 0 Å². The predicted octanol–water partition coefficient (Wildman–Crippen LogP) is 1.14. The van der Waals surface area contributed by atoms with Crippen LogP contribution in [0.1, 0.15) is 30.7 Å². The number of hydrogen-bond donors (Lipinski definition) is 2. The molecule has 4 nitrogen and oxygen atoms in total. The number of unbranched alkanes of at least 4 members (excludes halogenated alkanes) is 1. The first-order valence-corrected chi connectivity index (χ1v) is 5.61. The van der Waals surface area contributed by atoms with E-state index >= 15 is 0 Å². The summed E-state index contributed by atoms with van der Waals surface area (Å²) >= 11 is 0. The fraction of sp³-hybridized carbons (Fsp3) is 0.500. The summed E-state index contributed by atoms with van der Waals surface area (Å²) in [6.45, 7) is 3.09.